The second-order valence-corrected chi connectivity index (χ2v) is 7.83. The van der Waals surface area contributed by atoms with Crippen LogP contribution in [0.5, 0.6) is 0 Å². The van der Waals surface area contributed by atoms with Gasteiger partial charge in [0.1, 0.15) is 0 Å². The third-order valence-corrected chi connectivity index (χ3v) is 5.93. The molecule has 0 saturated carbocycles. The molecule has 1 unspecified atom stereocenters. The number of piperazine rings is 1. The first-order chi connectivity index (χ1) is 14.2. The van der Waals surface area contributed by atoms with Crippen LogP contribution < -0.4 is 15.1 Å². The molecular weight excluding hydrogens is 364 g/mol. The summed E-state index contributed by atoms with van der Waals surface area (Å²) in [6, 6.07) is 9.91. The predicted octanol–water partition coefficient (Wildman–Crippen LogP) is 2.62. The molecule has 7 nitrogen and oxygen atoms in total. The van der Waals surface area contributed by atoms with Crippen LogP contribution in [0.25, 0.3) is 0 Å². The van der Waals surface area contributed by atoms with Crippen molar-refractivity contribution in [3.63, 3.8) is 0 Å². The van der Waals surface area contributed by atoms with Gasteiger partial charge in [-0.15, -0.1) is 0 Å². The Bertz CT molecular complexity index is 783. The smallest absolute Gasteiger partial charge is 0.241 e. The van der Waals surface area contributed by atoms with Crippen molar-refractivity contribution in [3.8, 4) is 0 Å². The third kappa shape index (κ3) is 4.85. The van der Waals surface area contributed by atoms with Crippen LogP contribution in [-0.2, 0) is 4.79 Å². The molecule has 1 aromatic heterocycles. The van der Waals surface area contributed by atoms with Gasteiger partial charge in [-0.1, -0.05) is 0 Å². The maximum atomic E-state index is 12.7. The van der Waals surface area contributed by atoms with Crippen LogP contribution in [0.3, 0.4) is 0 Å². The van der Waals surface area contributed by atoms with Crippen molar-refractivity contribution in [2.75, 3.05) is 54.4 Å². The Morgan fingerprint density at radius 3 is 2.21 bits per heavy atom. The summed E-state index contributed by atoms with van der Waals surface area (Å²) in [7, 11) is 0. The minimum Gasteiger partial charge on any atom is -0.372 e. The standard InChI is InChI=1S/C22H30N6O/c1-18(26-14-16-28(17-15-26)22-23-10-5-11-24-22)21(29)25-19-6-8-20(9-7-19)27-12-3-2-4-13-27/h5-11,18H,2-4,12-17H2,1H3,(H,25,29). The average Bonchev–Trinajstić information content (AvgIpc) is 2.80. The molecule has 1 atom stereocenters. The van der Waals surface area contributed by atoms with E-state index in [9.17, 15) is 4.79 Å². The van der Waals surface area contributed by atoms with Crippen molar-refractivity contribution in [2.24, 2.45) is 0 Å². The second-order valence-electron chi connectivity index (χ2n) is 7.83. The largest absolute Gasteiger partial charge is 0.372 e. The van der Waals surface area contributed by atoms with Gasteiger partial charge in [-0.05, 0) is 56.5 Å². The summed E-state index contributed by atoms with van der Waals surface area (Å²) in [6.07, 6.45) is 7.39. The second kappa shape index (κ2) is 9.22. The van der Waals surface area contributed by atoms with E-state index in [4.69, 9.17) is 0 Å². The number of amides is 1. The molecule has 2 aliphatic rings. The van der Waals surface area contributed by atoms with Crippen molar-refractivity contribution in [1.82, 2.24) is 14.9 Å². The van der Waals surface area contributed by atoms with Crippen LogP contribution in [0.15, 0.2) is 42.7 Å². The SMILES string of the molecule is CC(C(=O)Nc1ccc(N2CCCCC2)cc1)N1CCN(c2ncccn2)CC1. The Hall–Kier alpha value is -2.67. The monoisotopic (exact) mass is 394 g/mol. The van der Waals surface area contributed by atoms with Gasteiger partial charge >= 0.3 is 0 Å². The van der Waals surface area contributed by atoms with Crippen molar-refractivity contribution < 1.29 is 4.79 Å². The molecule has 3 heterocycles. The van der Waals surface area contributed by atoms with Gasteiger partial charge in [0.15, 0.2) is 0 Å². The number of benzene rings is 1. The molecule has 29 heavy (non-hydrogen) atoms. The number of anilines is 3. The van der Waals surface area contributed by atoms with E-state index in [0.717, 1.165) is 50.9 Å². The Morgan fingerprint density at radius 1 is 0.897 bits per heavy atom. The number of carbonyl (C=O) groups is 1. The van der Waals surface area contributed by atoms with E-state index in [1.807, 2.05) is 25.1 Å². The molecule has 2 aromatic rings. The topological polar surface area (TPSA) is 64.6 Å². The lowest BCUT2D eigenvalue weighted by Gasteiger charge is -2.37. The van der Waals surface area contributed by atoms with Crippen LogP contribution in [0.1, 0.15) is 26.2 Å². The minimum atomic E-state index is -0.171. The van der Waals surface area contributed by atoms with Gasteiger partial charge in [-0.3, -0.25) is 9.69 Å². The molecule has 2 saturated heterocycles. The van der Waals surface area contributed by atoms with E-state index < -0.39 is 0 Å². The Kier molecular flexibility index (Phi) is 6.24. The summed E-state index contributed by atoms with van der Waals surface area (Å²) in [5.74, 6) is 0.804. The van der Waals surface area contributed by atoms with E-state index in [-0.39, 0.29) is 11.9 Å². The number of hydrogen-bond acceptors (Lipinski definition) is 6. The predicted molar refractivity (Wildman–Crippen MR) is 116 cm³/mol. The molecule has 2 aliphatic heterocycles. The average molecular weight is 395 g/mol. The molecule has 0 spiro atoms. The van der Waals surface area contributed by atoms with Crippen LogP contribution in [0.4, 0.5) is 17.3 Å². The first-order valence-electron chi connectivity index (χ1n) is 10.6. The van der Waals surface area contributed by atoms with Gasteiger partial charge in [-0.25, -0.2) is 9.97 Å². The van der Waals surface area contributed by atoms with Crippen molar-refractivity contribution in [3.05, 3.63) is 42.7 Å². The Balaban J connectivity index is 1.28. The summed E-state index contributed by atoms with van der Waals surface area (Å²) in [5.41, 5.74) is 2.11. The minimum absolute atomic E-state index is 0.0418. The Morgan fingerprint density at radius 2 is 1.55 bits per heavy atom. The maximum absolute atomic E-state index is 12.7. The van der Waals surface area contributed by atoms with Gasteiger partial charge in [0, 0.05) is 63.0 Å². The molecule has 0 aliphatic carbocycles. The quantitative estimate of drug-likeness (QED) is 0.841. The van der Waals surface area contributed by atoms with Crippen LogP contribution in [-0.4, -0.2) is 66.1 Å². The number of rotatable bonds is 5. The van der Waals surface area contributed by atoms with E-state index >= 15 is 0 Å². The maximum Gasteiger partial charge on any atom is 0.241 e. The number of aromatic nitrogens is 2. The number of piperidine rings is 1. The number of nitrogens with zero attached hydrogens (tertiary/aromatic N) is 5. The van der Waals surface area contributed by atoms with E-state index in [0.29, 0.717) is 0 Å². The van der Waals surface area contributed by atoms with Gasteiger partial charge in [0.05, 0.1) is 6.04 Å². The molecule has 7 heteroatoms. The normalized spacial score (nSPS) is 19.1. The summed E-state index contributed by atoms with van der Waals surface area (Å²) in [6.45, 7) is 7.53. The lowest BCUT2D eigenvalue weighted by atomic mass is 10.1. The van der Waals surface area contributed by atoms with Crippen molar-refractivity contribution in [1.29, 1.82) is 0 Å². The fourth-order valence-corrected chi connectivity index (χ4v) is 4.08. The fourth-order valence-electron chi connectivity index (χ4n) is 4.08. The van der Waals surface area contributed by atoms with E-state index in [1.165, 1.54) is 24.9 Å². The van der Waals surface area contributed by atoms with Gasteiger partial charge in [0.2, 0.25) is 11.9 Å². The molecule has 154 valence electrons. The number of nitrogens with one attached hydrogen (secondary N) is 1. The lowest BCUT2D eigenvalue weighted by Crippen LogP contribution is -2.53. The zero-order valence-corrected chi connectivity index (χ0v) is 17.1. The Labute approximate surface area is 172 Å². The molecule has 1 aromatic carbocycles. The van der Waals surface area contributed by atoms with E-state index in [1.54, 1.807) is 12.4 Å². The molecule has 1 amide bonds. The highest BCUT2D eigenvalue weighted by Gasteiger charge is 2.26. The lowest BCUT2D eigenvalue weighted by molar-refractivity contribution is -0.120. The van der Waals surface area contributed by atoms with Crippen molar-refractivity contribution in [2.45, 2.75) is 32.2 Å². The van der Waals surface area contributed by atoms with Gasteiger partial charge < -0.3 is 15.1 Å². The highest BCUT2D eigenvalue weighted by molar-refractivity contribution is 5.94. The van der Waals surface area contributed by atoms with Gasteiger partial charge in [0.25, 0.3) is 0 Å². The van der Waals surface area contributed by atoms with Crippen LogP contribution >= 0.6 is 0 Å². The molecule has 2 fully saturated rings. The first-order valence-corrected chi connectivity index (χ1v) is 10.6. The first kappa shape index (κ1) is 19.6. The summed E-state index contributed by atoms with van der Waals surface area (Å²) >= 11 is 0. The zero-order valence-electron chi connectivity index (χ0n) is 17.1. The molecule has 0 radical (unpaired) electrons. The van der Waals surface area contributed by atoms with Crippen LogP contribution in [0, 0.1) is 0 Å². The third-order valence-electron chi connectivity index (χ3n) is 5.93. The number of hydrogen-bond donors (Lipinski definition) is 1. The number of carbonyl (C=O) groups excluding carboxylic acids is 1. The van der Waals surface area contributed by atoms with Gasteiger partial charge in [-0.2, -0.15) is 0 Å². The zero-order chi connectivity index (χ0) is 20.1. The van der Waals surface area contributed by atoms with Crippen LogP contribution in [0.2, 0.25) is 0 Å². The molecular formula is C22H30N6O. The fraction of sp³-hybridized carbons (Fsp3) is 0.500. The van der Waals surface area contributed by atoms with Crippen molar-refractivity contribution >= 4 is 23.2 Å². The highest BCUT2D eigenvalue weighted by Crippen LogP contribution is 2.22. The summed E-state index contributed by atoms with van der Waals surface area (Å²) in [4.78, 5) is 28.2. The molecule has 0 bridgehead atoms. The molecule has 1 N–H and O–H groups in total. The van der Waals surface area contributed by atoms with E-state index in [2.05, 4.69) is 42.1 Å². The summed E-state index contributed by atoms with van der Waals surface area (Å²) in [5, 5.41) is 3.07. The molecule has 4 rings (SSSR count). The summed E-state index contributed by atoms with van der Waals surface area (Å²) < 4.78 is 0. The highest BCUT2D eigenvalue weighted by atomic mass is 16.2.